The first-order chi connectivity index (χ1) is 13.6. The molecule has 0 aliphatic carbocycles. The molecule has 1 aliphatic heterocycles. The van der Waals surface area contributed by atoms with Crippen LogP contribution >= 0.6 is 31.9 Å². The summed E-state index contributed by atoms with van der Waals surface area (Å²) < 4.78 is 11.0. The molecule has 0 N–H and O–H groups in total. The summed E-state index contributed by atoms with van der Waals surface area (Å²) >= 11 is 7.20. The van der Waals surface area contributed by atoms with Gasteiger partial charge in [-0.25, -0.2) is 0 Å². The summed E-state index contributed by atoms with van der Waals surface area (Å²) in [5.41, 5.74) is 6.02. The Kier molecular flexibility index (Phi) is 4.56. The molecule has 1 aromatic heterocycles. The standard InChI is InChI=1S/C24H19Br2NO/c1-2-4-15-5-3-6-16(11-15)24-27-21-10-8-18(25)12-17(21)13-22(27)20-9-7-19(26)14-23(20)28-24/h3,5-14,24H,2,4H2,1H3. The van der Waals surface area contributed by atoms with Gasteiger partial charge < -0.3 is 9.30 Å². The monoisotopic (exact) mass is 495 g/mol. The molecule has 0 spiro atoms. The Morgan fingerprint density at radius 1 is 0.929 bits per heavy atom. The van der Waals surface area contributed by atoms with Gasteiger partial charge in [-0.2, -0.15) is 0 Å². The Morgan fingerprint density at radius 2 is 1.75 bits per heavy atom. The van der Waals surface area contributed by atoms with Crippen LogP contribution in [0.4, 0.5) is 0 Å². The molecule has 1 unspecified atom stereocenters. The molecule has 4 aromatic rings. The molecule has 0 fully saturated rings. The van der Waals surface area contributed by atoms with E-state index in [0.717, 1.165) is 33.1 Å². The normalized spacial score (nSPS) is 15.2. The minimum Gasteiger partial charge on any atom is -0.465 e. The molecule has 4 heteroatoms. The molecular weight excluding hydrogens is 478 g/mol. The number of aromatic nitrogens is 1. The van der Waals surface area contributed by atoms with Gasteiger partial charge in [0.1, 0.15) is 5.75 Å². The number of rotatable bonds is 3. The predicted molar refractivity (Wildman–Crippen MR) is 122 cm³/mol. The Morgan fingerprint density at radius 3 is 2.61 bits per heavy atom. The number of hydrogen-bond acceptors (Lipinski definition) is 1. The van der Waals surface area contributed by atoms with Gasteiger partial charge >= 0.3 is 0 Å². The Labute approximate surface area is 181 Å². The van der Waals surface area contributed by atoms with Crippen LogP contribution < -0.4 is 4.74 Å². The summed E-state index contributed by atoms with van der Waals surface area (Å²) in [5, 5.41) is 1.21. The highest BCUT2D eigenvalue weighted by atomic mass is 79.9. The van der Waals surface area contributed by atoms with Crippen molar-refractivity contribution in [3.63, 3.8) is 0 Å². The lowest BCUT2D eigenvalue weighted by molar-refractivity contribution is 0.173. The molecular formula is C24H19Br2NO. The lowest BCUT2D eigenvalue weighted by Crippen LogP contribution is -2.22. The van der Waals surface area contributed by atoms with E-state index in [-0.39, 0.29) is 6.23 Å². The molecule has 5 rings (SSSR count). The van der Waals surface area contributed by atoms with Crippen LogP contribution in [0.2, 0.25) is 0 Å². The molecule has 140 valence electrons. The molecule has 1 atom stereocenters. The molecule has 1 aliphatic rings. The van der Waals surface area contributed by atoms with Crippen LogP contribution in [-0.2, 0) is 6.42 Å². The van der Waals surface area contributed by atoms with Crippen LogP contribution in [0.15, 0.2) is 75.7 Å². The fourth-order valence-corrected chi connectivity index (χ4v) is 4.77. The second-order valence-electron chi connectivity index (χ2n) is 7.21. The van der Waals surface area contributed by atoms with Crippen molar-refractivity contribution >= 4 is 42.8 Å². The summed E-state index contributed by atoms with van der Waals surface area (Å²) in [7, 11) is 0. The average Bonchev–Trinajstić information content (AvgIpc) is 3.06. The maximum atomic E-state index is 6.58. The molecule has 2 heterocycles. The zero-order valence-corrected chi connectivity index (χ0v) is 18.6. The maximum absolute atomic E-state index is 6.58. The van der Waals surface area contributed by atoms with Crippen molar-refractivity contribution in [3.8, 4) is 17.0 Å². The van der Waals surface area contributed by atoms with Crippen molar-refractivity contribution < 1.29 is 4.74 Å². The largest absolute Gasteiger partial charge is 0.465 e. The summed E-state index contributed by atoms with van der Waals surface area (Å²) in [6, 6.07) is 23.7. The molecule has 0 radical (unpaired) electrons. The van der Waals surface area contributed by atoms with E-state index in [1.165, 1.54) is 27.7 Å². The third-order valence-electron chi connectivity index (χ3n) is 5.27. The van der Waals surface area contributed by atoms with E-state index < -0.39 is 0 Å². The molecule has 0 saturated carbocycles. The van der Waals surface area contributed by atoms with Gasteiger partial charge in [0.2, 0.25) is 6.23 Å². The van der Waals surface area contributed by atoms with Crippen LogP contribution in [0.5, 0.6) is 5.75 Å². The topological polar surface area (TPSA) is 14.2 Å². The van der Waals surface area contributed by atoms with Crippen molar-refractivity contribution in [2.24, 2.45) is 0 Å². The second kappa shape index (κ2) is 7.09. The number of nitrogens with zero attached hydrogens (tertiary/aromatic N) is 1. The molecule has 0 amide bonds. The fourth-order valence-electron chi connectivity index (χ4n) is 4.05. The zero-order valence-electron chi connectivity index (χ0n) is 15.5. The van der Waals surface area contributed by atoms with Gasteiger partial charge in [-0.1, -0.05) is 69.5 Å². The van der Waals surface area contributed by atoms with Crippen LogP contribution in [0.3, 0.4) is 0 Å². The van der Waals surface area contributed by atoms with Crippen molar-refractivity contribution in [2.75, 3.05) is 0 Å². The van der Waals surface area contributed by atoms with Crippen LogP contribution in [0.25, 0.3) is 22.2 Å². The van der Waals surface area contributed by atoms with E-state index in [4.69, 9.17) is 4.74 Å². The van der Waals surface area contributed by atoms with E-state index in [1.54, 1.807) is 0 Å². The van der Waals surface area contributed by atoms with E-state index in [1.807, 2.05) is 0 Å². The van der Waals surface area contributed by atoms with Crippen molar-refractivity contribution in [3.05, 3.63) is 86.8 Å². The van der Waals surface area contributed by atoms with Gasteiger partial charge in [0.15, 0.2) is 0 Å². The first-order valence-electron chi connectivity index (χ1n) is 9.50. The lowest BCUT2D eigenvalue weighted by atomic mass is 10.0. The molecule has 28 heavy (non-hydrogen) atoms. The first-order valence-corrected chi connectivity index (χ1v) is 11.1. The molecule has 0 bridgehead atoms. The number of ether oxygens (including phenoxy) is 1. The lowest BCUT2D eigenvalue weighted by Gasteiger charge is -2.30. The summed E-state index contributed by atoms with van der Waals surface area (Å²) in [5.74, 6) is 0.912. The van der Waals surface area contributed by atoms with Gasteiger partial charge in [-0.15, -0.1) is 0 Å². The third-order valence-corrected chi connectivity index (χ3v) is 6.25. The van der Waals surface area contributed by atoms with E-state index in [9.17, 15) is 0 Å². The van der Waals surface area contributed by atoms with Gasteiger partial charge in [0, 0.05) is 25.5 Å². The summed E-state index contributed by atoms with van der Waals surface area (Å²) in [6.45, 7) is 2.22. The Balaban J connectivity index is 1.76. The smallest absolute Gasteiger partial charge is 0.203 e. The number of aryl methyl sites for hydroxylation is 1. The van der Waals surface area contributed by atoms with Gasteiger partial charge in [0.05, 0.1) is 11.2 Å². The van der Waals surface area contributed by atoms with Gasteiger partial charge in [-0.3, -0.25) is 0 Å². The third kappa shape index (κ3) is 2.99. The highest BCUT2D eigenvalue weighted by molar-refractivity contribution is 9.10. The SMILES string of the molecule is CCCc1cccc(C2Oc3cc(Br)ccc3-c3cc4cc(Br)ccc4n32)c1. The maximum Gasteiger partial charge on any atom is 0.203 e. The van der Waals surface area contributed by atoms with Gasteiger partial charge in [-0.05, 0) is 54.4 Å². The molecule has 0 saturated heterocycles. The van der Waals surface area contributed by atoms with Crippen LogP contribution in [0.1, 0.15) is 30.7 Å². The summed E-state index contributed by atoms with van der Waals surface area (Å²) in [6.07, 6.45) is 2.03. The number of fused-ring (bicyclic) bond motifs is 5. The summed E-state index contributed by atoms with van der Waals surface area (Å²) in [4.78, 5) is 0. The number of hydrogen-bond donors (Lipinski definition) is 0. The molecule has 2 nitrogen and oxygen atoms in total. The van der Waals surface area contributed by atoms with E-state index in [0.29, 0.717) is 0 Å². The minimum atomic E-state index is -0.188. The van der Waals surface area contributed by atoms with Crippen molar-refractivity contribution in [2.45, 2.75) is 26.0 Å². The van der Waals surface area contributed by atoms with Gasteiger partial charge in [0.25, 0.3) is 0 Å². The zero-order chi connectivity index (χ0) is 19.3. The second-order valence-corrected chi connectivity index (χ2v) is 9.04. The Hall–Kier alpha value is -2.04. The average molecular weight is 497 g/mol. The Bertz CT molecular complexity index is 1190. The first kappa shape index (κ1) is 18.0. The number of halogens is 2. The molecule has 3 aromatic carbocycles. The van der Waals surface area contributed by atoms with Crippen LogP contribution in [-0.4, -0.2) is 4.57 Å². The van der Waals surface area contributed by atoms with Crippen molar-refractivity contribution in [1.82, 2.24) is 4.57 Å². The predicted octanol–water partition coefficient (Wildman–Crippen LogP) is 7.73. The quantitative estimate of drug-likeness (QED) is 0.283. The van der Waals surface area contributed by atoms with Crippen molar-refractivity contribution in [1.29, 1.82) is 0 Å². The van der Waals surface area contributed by atoms with Crippen LogP contribution in [0, 0.1) is 0 Å². The number of benzene rings is 3. The van der Waals surface area contributed by atoms with E-state index in [2.05, 4.69) is 110 Å². The highest BCUT2D eigenvalue weighted by Crippen LogP contribution is 2.45. The van der Waals surface area contributed by atoms with E-state index >= 15 is 0 Å². The highest BCUT2D eigenvalue weighted by Gasteiger charge is 2.29. The fraction of sp³-hybridized carbons (Fsp3) is 0.167. The minimum absolute atomic E-state index is 0.188.